The highest BCUT2D eigenvalue weighted by Crippen LogP contribution is 2.36. The van der Waals surface area contributed by atoms with Gasteiger partial charge in [0.2, 0.25) is 0 Å². The van der Waals surface area contributed by atoms with Crippen molar-refractivity contribution in [3.63, 3.8) is 0 Å². The maximum Gasteiger partial charge on any atom is 0.495 e. The third kappa shape index (κ3) is 4.53. The minimum atomic E-state index is -0.552. The number of aldehydes is 1. The number of halogens is 1. The van der Waals surface area contributed by atoms with Crippen molar-refractivity contribution in [2.24, 2.45) is 0 Å². The summed E-state index contributed by atoms with van der Waals surface area (Å²) < 4.78 is 12.0. The fourth-order valence-electron chi connectivity index (χ4n) is 2.07. The molecule has 1 aromatic rings. The number of hydrogen-bond donors (Lipinski definition) is 0. The Bertz CT molecular complexity index is 604. The predicted molar refractivity (Wildman–Crippen MR) is 107 cm³/mol. The fourth-order valence-corrected chi connectivity index (χ4v) is 2.55. The number of rotatable bonds is 2. The van der Waals surface area contributed by atoms with Gasteiger partial charge in [-0.15, -0.1) is 0 Å². The Morgan fingerprint density at radius 2 is 1.74 bits per heavy atom. The fraction of sp³-hybridized carbons (Fsp3) is 0.471. The molecule has 0 spiro atoms. The zero-order valence-corrected chi connectivity index (χ0v) is 17.4. The largest absolute Gasteiger partial charge is 0.495 e. The van der Waals surface area contributed by atoms with Crippen LogP contribution in [0.15, 0.2) is 18.2 Å². The van der Waals surface area contributed by atoms with E-state index in [1.807, 2.05) is 59.7 Å². The van der Waals surface area contributed by atoms with E-state index in [-0.39, 0.29) is 0 Å². The van der Waals surface area contributed by atoms with E-state index in [4.69, 9.17) is 9.31 Å². The van der Waals surface area contributed by atoms with Gasteiger partial charge >= 0.3 is 7.12 Å². The van der Waals surface area contributed by atoms with Crippen LogP contribution in [0.2, 0.25) is 0 Å². The third-order valence-corrected chi connectivity index (χ3v) is 4.83. The number of hydrogen-bond acceptors (Lipinski definition) is 4. The molecule has 0 bridgehead atoms. The second-order valence-corrected chi connectivity index (χ2v) is 7.50. The summed E-state index contributed by atoms with van der Waals surface area (Å²) in [7, 11) is 0.832. The van der Waals surface area contributed by atoms with Crippen molar-refractivity contribution < 1.29 is 14.1 Å². The summed E-state index contributed by atoms with van der Waals surface area (Å²) >= 11 is 2.10. The van der Waals surface area contributed by atoms with Gasteiger partial charge in [-0.3, -0.25) is 4.79 Å². The van der Waals surface area contributed by atoms with Crippen molar-refractivity contribution in [1.29, 1.82) is 0 Å². The highest BCUT2D eigenvalue weighted by atomic mass is 127. The molecule has 1 saturated heterocycles. The number of benzene rings is 1. The van der Waals surface area contributed by atoms with Crippen molar-refractivity contribution >= 4 is 49.0 Å². The summed E-state index contributed by atoms with van der Waals surface area (Å²) in [6, 6.07) is 5.56. The van der Waals surface area contributed by atoms with E-state index < -0.39 is 18.3 Å². The molecule has 23 heavy (non-hydrogen) atoms. The topological polar surface area (TPSA) is 35.5 Å². The lowest BCUT2D eigenvalue weighted by Crippen LogP contribution is -2.41. The Kier molecular flexibility index (Phi) is 7.66. The molecule has 1 aromatic carbocycles. The molecule has 0 saturated carbocycles. The van der Waals surface area contributed by atoms with Gasteiger partial charge in [0.05, 0.1) is 11.2 Å². The molecule has 0 unspecified atom stereocenters. The SMILES string of the molecule is CC.CC1(C)OB(c2cccc(C#CSI)c2C=O)OC1(C)C. The van der Waals surface area contributed by atoms with E-state index in [1.165, 1.54) is 8.93 Å². The van der Waals surface area contributed by atoms with Crippen LogP contribution in [0.3, 0.4) is 0 Å². The van der Waals surface area contributed by atoms with Crippen LogP contribution in [-0.4, -0.2) is 24.6 Å². The first-order valence-electron chi connectivity index (χ1n) is 7.55. The van der Waals surface area contributed by atoms with E-state index in [0.29, 0.717) is 11.1 Å². The van der Waals surface area contributed by atoms with E-state index in [1.54, 1.807) is 0 Å². The Morgan fingerprint density at radius 1 is 1.17 bits per heavy atom. The lowest BCUT2D eigenvalue weighted by molar-refractivity contribution is 0.00578. The Morgan fingerprint density at radius 3 is 2.22 bits per heavy atom. The molecule has 0 atom stereocenters. The summed E-state index contributed by atoms with van der Waals surface area (Å²) in [4.78, 5) is 11.5. The molecule has 1 fully saturated rings. The maximum atomic E-state index is 11.5. The molecule has 6 heteroatoms. The Labute approximate surface area is 156 Å². The normalized spacial score (nSPS) is 17.6. The van der Waals surface area contributed by atoms with Crippen LogP contribution in [0.4, 0.5) is 0 Å². The highest BCUT2D eigenvalue weighted by molar-refractivity contribution is 14.2. The molecule has 1 heterocycles. The van der Waals surface area contributed by atoms with Crippen molar-refractivity contribution in [3.05, 3.63) is 29.3 Å². The molecule has 2 rings (SSSR count). The molecule has 3 nitrogen and oxygen atoms in total. The molecule has 0 amide bonds. The summed E-state index contributed by atoms with van der Waals surface area (Å²) in [6.07, 6.45) is 0.822. The van der Waals surface area contributed by atoms with Crippen molar-refractivity contribution in [1.82, 2.24) is 0 Å². The second-order valence-electron chi connectivity index (χ2n) is 5.82. The zero-order chi connectivity index (χ0) is 17.7. The van der Waals surface area contributed by atoms with Gasteiger partial charge < -0.3 is 9.31 Å². The predicted octanol–water partition coefficient (Wildman–Crippen LogP) is 4.22. The quantitative estimate of drug-likeness (QED) is 0.296. The van der Waals surface area contributed by atoms with Gasteiger partial charge in [-0.1, -0.05) is 31.9 Å². The maximum absolute atomic E-state index is 11.5. The standard InChI is InChI=1S/C15H16BIO3S.C2H6/c1-14(2)15(3,4)20-16(19-14)13-7-5-6-11(8-9-21-17)12(13)10-18;1-2/h5-7,10H,1-4H3;1-2H3. The zero-order valence-electron chi connectivity index (χ0n) is 14.4. The smallest absolute Gasteiger partial charge is 0.399 e. The summed E-state index contributed by atoms with van der Waals surface area (Å²) in [6.45, 7) is 12.0. The van der Waals surface area contributed by atoms with Crippen LogP contribution in [0, 0.1) is 11.2 Å². The summed E-state index contributed by atoms with van der Waals surface area (Å²) in [5, 5.41) is 2.90. The molecule has 0 radical (unpaired) electrons. The molecule has 124 valence electrons. The van der Waals surface area contributed by atoms with Gasteiger partial charge in [0.15, 0.2) is 6.29 Å². The van der Waals surface area contributed by atoms with Crippen LogP contribution in [0.1, 0.15) is 57.5 Å². The van der Waals surface area contributed by atoms with Gasteiger partial charge in [-0.25, -0.2) is 0 Å². The molecular weight excluding hydrogens is 422 g/mol. The van der Waals surface area contributed by atoms with E-state index in [2.05, 4.69) is 32.4 Å². The Balaban J connectivity index is 0.00000127. The first-order valence-corrected chi connectivity index (χ1v) is 10.9. The first-order chi connectivity index (χ1) is 10.8. The van der Waals surface area contributed by atoms with Crippen LogP contribution in [0.5, 0.6) is 0 Å². The monoisotopic (exact) mass is 444 g/mol. The van der Waals surface area contributed by atoms with Gasteiger partial charge in [-0.2, -0.15) is 0 Å². The van der Waals surface area contributed by atoms with E-state index in [0.717, 1.165) is 11.7 Å². The molecule has 0 aliphatic carbocycles. The van der Waals surface area contributed by atoms with E-state index in [9.17, 15) is 4.79 Å². The minimum absolute atomic E-state index is 0.433. The number of carbonyl (C=O) groups excluding carboxylic acids is 1. The van der Waals surface area contributed by atoms with Crippen LogP contribution in [-0.2, 0) is 9.31 Å². The molecule has 0 aromatic heterocycles. The second kappa shape index (κ2) is 8.56. The van der Waals surface area contributed by atoms with Crippen molar-refractivity contribution in [3.8, 4) is 11.2 Å². The summed E-state index contributed by atoms with van der Waals surface area (Å²) in [5.41, 5.74) is 1.10. The van der Waals surface area contributed by atoms with Gasteiger partial charge in [0.1, 0.15) is 0 Å². The van der Waals surface area contributed by atoms with Gasteiger partial charge in [0, 0.05) is 32.3 Å². The van der Waals surface area contributed by atoms with Gasteiger partial charge in [0.25, 0.3) is 0 Å². The average molecular weight is 444 g/mol. The van der Waals surface area contributed by atoms with Crippen LogP contribution >= 0.6 is 30.1 Å². The minimum Gasteiger partial charge on any atom is -0.399 e. The van der Waals surface area contributed by atoms with E-state index >= 15 is 0 Å². The van der Waals surface area contributed by atoms with Gasteiger partial charge in [-0.05, 0) is 53.4 Å². The summed E-state index contributed by atoms with van der Waals surface area (Å²) in [5.74, 6) is 2.98. The Hall–Kier alpha value is -0.485. The lowest BCUT2D eigenvalue weighted by atomic mass is 9.75. The average Bonchev–Trinajstić information content (AvgIpc) is 2.74. The van der Waals surface area contributed by atoms with Crippen LogP contribution in [0.25, 0.3) is 0 Å². The molecule has 1 aliphatic rings. The first kappa shape index (κ1) is 20.6. The highest BCUT2D eigenvalue weighted by Gasteiger charge is 2.52. The van der Waals surface area contributed by atoms with Crippen molar-refractivity contribution in [2.45, 2.75) is 52.7 Å². The van der Waals surface area contributed by atoms with Crippen LogP contribution < -0.4 is 5.46 Å². The molecule has 0 N–H and O–H groups in total. The lowest BCUT2D eigenvalue weighted by Gasteiger charge is -2.32. The molecular formula is C17H22BIO3S. The van der Waals surface area contributed by atoms with Crippen molar-refractivity contribution in [2.75, 3.05) is 0 Å². The number of carbonyl (C=O) groups is 1. The molecule has 1 aliphatic heterocycles. The third-order valence-electron chi connectivity index (χ3n) is 3.99.